The molecule has 0 fully saturated rings. The number of hydrazine groups is 2. The average Bonchev–Trinajstić information content (AvgIpc) is 1.87. The summed E-state index contributed by atoms with van der Waals surface area (Å²) in [6.45, 7) is 0. The minimum absolute atomic E-state index is 0.593. The average molecular weight is 267 g/mol. The van der Waals surface area contributed by atoms with Gasteiger partial charge in [-0.25, -0.2) is 0 Å². The van der Waals surface area contributed by atoms with E-state index >= 15 is 0 Å². The summed E-state index contributed by atoms with van der Waals surface area (Å²) in [5.41, 5.74) is 4.41. The van der Waals surface area contributed by atoms with Crippen molar-refractivity contribution in [1.29, 1.82) is 10.5 Å². The van der Waals surface area contributed by atoms with Gasteiger partial charge in [-0.2, -0.15) is 0 Å². The third-order valence-electron chi connectivity index (χ3n) is 0.515. The first-order chi connectivity index (χ1) is 4.72. The number of nitrogens with one attached hydrogen (secondary N) is 2. The van der Waals surface area contributed by atoms with Crippen LogP contribution in [0.1, 0.15) is 0 Å². The van der Waals surface area contributed by atoms with Gasteiger partial charge in [0.15, 0.2) is 0 Å². The molecule has 0 rings (SSSR count). The Labute approximate surface area is 74.1 Å². The van der Waals surface area contributed by atoms with E-state index in [4.69, 9.17) is 10.5 Å². The molecule has 5 nitrogen and oxygen atoms in total. The van der Waals surface area contributed by atoms with Crippen molar-refractivity contribution in [1.82, 2.24) is 16.0 Å². The Hall–Kier alpha value is -0.711. The normalized spacial score (nSPS) is 6.70. The van der Waals surface area contributed by atoms with Gasteiger partial charge in [-0.3, -0.25) is 0 Å². The fourth-order valence-electron chi connectivity index (χ4n) is 0.224. The molecule has 0 aromatic carbocycles. The van der Waals surface area contributed by atoms with E-state index in [-0.39, 0.29) is 0 Å². The van der Waals surface area contributed by atoms with Crippen LogP contribution >= 0.6 is 0 Å². The molecule has 52 valence electrons. The summed E-state index contributed by atoms with van der Waals surface area (Å²) in [6, 6.07) is 0. The topological polar surface area (TPSA) is 74.9 Å². The van der Waals surface area contributed by atoms with Crippen molar-refractivity contribution in [3.05, 3.63) is 0 Å². The molecule has 0 spiro atoms. The first-order valence-electron chi connectivity index (χ1n) is 2.05. The van der Waals surface area contributed by atoms with Crippen LogP contribution in [0.2, 0.25) is 0 Å². The molecular formula is C3H3N5Se2. The second kappa shape index (κ2) is 5.10. The SMILES string of the molecule is N#CNN(NC#N)C(=[Se])[SeH]. The Morgan fingerprint density at radius 1 is 1.40 bits per heavy atom. The maximum absolute atomic E-state index is 8.13. The fourth-order valence-corrected chi connectivity index (χ4v) is 0.625. The number of rotatable bonds is 3. The van der Waals surface area contributed by atoms with Crippen LogP contribution < -0.4 is 10.9 Å². The third kappa shape index (κ3) is 3.34. The van der Waals surface area contributed by atoms with Crippen molar-refractivity contribution in [2.75, 3.05) is 0 Å². The van der Waals surface area contributed by atoms with Crippen LogP contribution in [0, 0.1) is 22.9 Å². The molecule has 7 heteroatoms. The Kier molecular flexibility index (Phi) is 4.74. The van der Waals surface area contributed by atoms with E-state index in [0.717, 1.165) is 5.12 Å². The molecule has 0 aliphatic heterocycles. The summed E-state index contributed by atoms with van der Waals surface area (Å²) < 4.78 is 0.593. The quantitative estimate of drug-likeness (QED) is 0.254. The molecule has 0 saturated heterocycles. The second-order valence-electron chi connectivity index (χ2n) is 1.07. The first-order valence-corrected chi connectivity index (χ1v) is 3.84. The zero-order chi connectivity index (χ0) is 7.98. The summed E-state index contributed by atoms with van der Waals surface area (Å²) in [5.74, 6) is 0. The number of nitrogens with zero attached hydrogens (tertiary/aromatic N) is 3. The van der Waals surface area contributed by atoms with E-state index in [0.29, 0.717) is 3.44 Å². The monoisotopic (exact) mass is 269 g/mol. The van der Waals surface area contributed by atoms with Crippen LogP contribution in [0.5, 0.6) is 0 Å². The van der Waals surface area contributed by atoms with Crippen LogP contribution in [-0.2, 0) is 0 Å². The van der Waals surface area contributed by atoms with E-state index in [1.807, 2.05) is 0 Å². The molecule has 0 radical (unpaired) electrons. The minimum atomic E-state index is 0.593. The van der Waals surface area contributed by atoms with Crippen molar-refractivity contribution < 1.29 is 0 Å². The van der Waals surface area contributed by atoms with Gasteiger partial charge in [-0.15, -0.1) is 0 Å². The van der Waals surface area contributed by atoms with Crippen LogP contribution in [0.15, 0.2) is 0 Å². The van der Waals surface area contributed by atoms with E-state index in [9.17, 15) is 0 Å². The molecule has 0 unspecified atom stereocenters. The Balaban J connectivity index is 3.90. The van der Waals surface area contributed by atoms with Gasteiger partial charge in [0.1, 0.15) is 0 Å². The first kappa shape index (κ1) is 9.29. The zero-order valence-electron chi connectivity index (χ0n) is 4.70. The van der Waals surface area contributed by atoms with Crippen LogP contribution in [0.25, 0.3) is 0 Å². The van der Waals surface area contributed by atoms with Gasteiger partial charge in [0.05, 0.1) is 0 Å². The van der Waals surface area contributed by atoms with Crippen LogP contribution in [0.3, 0.4) is 0 Å². The van der Waals surface area contributed by atoms with Crippen molar-refractivity contribution >= 4 is 35.0 Å². The summed E-state index contributed by atoms with van der Waals surface area (Å²) in [5, 5.41) is 17.4. The van der Waals surface area contributed by atoms with Crippen molar-refractivity contribution in [3.8, 4) is 12.4 Å². The summed E-state index contributed by atoms with van der Waals surface area (Å²) in [7, 11) is 0. The molecule has 0 aliphatic carbocycles. The van der Waals surface area contributed by atoms with Crippen LogP contribution in [0.4, 0.5) is 0 Å². The summed E-state index contributed by atoms with van der Waals surface area (Å²) in [4.78, 5) is 0. The van der Waals surface area contributed by atoms with E-state index < -0.39 is 0 Å². The van der Waals surface area contributed by atoms with Crippen molar-refractivity contribution in [2.24, 2.45) is 0 Å². The Bertz CT molecular complexity index is 184. The van der Waals surface area contributed by atoms with Gasteiger partial charge >= 0.3 is 73.9 Å². The van der Waals surface area contributed by atoms with E-state index in [1.165, 1.54) is 0 Å². The van der Waals surface area contributed by atoms with Gasteiger partial charge in [0.25, 0.3) is 0 Å². The molecule has 0 saturated carbocycles. The molecule has 0 aromatic rings. The summed E-state index contributed by atoms with van der Waals surface area (Å²) >= 11 is 4.73. The molecule has 0 aromatic heterocycles. The summed E-state index contributed by atoms with van der Waals surface area (Å²) in [6.07, 6.45) is 3.29. The molecule has 0 atom stereocenters. The molecule has 10 heavy (non-hydrogen) atoms. The van der Waals surface area contributed by atoms with Gasteiger partial charge in [-0.1, -0.05) is 0 Å². The van der Waals surface area contributed by atoms with Gasteiger partial charge in [-0.05, 0) is 0 Å². The Morgan fingerprint density at radius 2 is 1.80 bits per heavy atom. The molecule has 0 bridgehead atoms. The van der Waals surface area contributed by atoms with Gasteiger partial charge in [0.2, 0.25) is 0 Å². The van der Waals surface area contributed by atoms with E-state index in [1.54, 1.807) is 12.4 Å². The van der Waals surface area contributed by atoms with Crippen molar-refractivity contribution in [3.63, 3.8) is 0 Å². The molecule has 0 heterocycles. The van der Waals surface area contributed by atoms with E-state index in [2.05, 4.69) is 42.4 Å². The number of hydrogen-bond donors (Lipinski definition) is 2. The molecule has 0 aliphatic rings. The standard InChI is InChI=1S/C3H3N5Se2/c4-1-6-8(3(9)10)7-2-5/h6-7H,(H,9,10). The van der Waals surface area contributed by atoms with Gasteiger partial charge in [0, 0.05) is 0 Å². The number of hydrogen-bond acceptors (Lipinski definition) is 5. The van der Waals surface area contributed by atoms with Crippen molar-refractivity contribution in [2.45, 2.75) is 0 Å². The Morgan fingerprint density at radius 3 is 2.00 bits per heavy atom. The zero-order valence-corrected chi connectivity index (χ0v) is 8.29. The second-order valence-corrected chi connectivity index (χ2v) is 4.24. The third-order valence-corrected chi connectivity index (χ3v) is 1.32. The predicted molar refractivity (Wildman–Crippen MR) is 37.2 cm³/mol. The van der Waals surface area contributed by atoms with Gasteiger partial charge < -0.3 is 0 Å². The number of nitriles is 2. The molecule has 0 amide bonds. The fraction of sp³-hybridized carbons (Fsp3) is 0. The molecule has 2 N–H and O–H groups in total. The predicted octanol–water partition coefficient (Wildman–Crippen LogP) is -2.58. The maximum atomic E-state index is 8.13. The van der Waals surface area contributed by atoms with Crippen LogP contribution in [-0.4, -0.2) is 40.1 Å². The molecular weight excluding hydrogens is 264 g/mol.